The van der Waals surface area contributed by atoms with Crippen LogP contribution in [0.3, 0.4) is 0 Å². The summed E-state index contributed by atoms with van der Waals surface area (Å²) in [6.07, 6.45) is -5.02. The van der Waals surface area contributed by atoms with Gasteiger partial charge in [-0.15, -0.1) is 0 Å². The zero-order valence-electron chi connectivity index (χ0n) is 13.9. The molecule has 0 atom stereocenters. The summed E-state index contributed by atoms with van der Waals surface area (Å²) in [7, 11) is 0. The van der Waals surface area contributed by atoms with E-state index in [0.29, 0.717) is 13.1 Å². The van der Waals surface area contributed by atoms with Crippen molar-refractivity contribution in [2.75, 3.05) is 26.2 Å². The number of nitrogens with zero attached hydrogens (tertiary/aromatic N) is 1. The van der Waals surface area contributed by atoms with Gasteiger partial charge in [-0.3, -0.25) is 14.4 Å². The van der Waals surface area contributed by atoms with Gasteiger partial charge in [0.25, 0.3) is 5.91 Å². The van der Waals surface area contributed by atoms with Crippen LogP contribution in [-0.4, -0.2) is 48.6 Å². The zero-order chi connectivity index (χ0) is 19.3. The standard InChI is InChI=1S/C18H13F3N2O4/c19-18(20,21)16-12(17(26)23-7-5-22-6-8-23)11-13(24)9-3-1-2-4-10(9)14(25)15(11)27-16/h1-4,22H,5-8H2. The van der Waals surface area contributed by atoms with Gasteiger partial charge in [0.2, 0.25) is 11.5 Å². The fourth-order valence-electron chi connectivity index (χ4n) is 3.37. The molecule has 1 aliphatic carbocycles. The molecule has 1 aromatic carbocycles. The predicted octanol–water partition coefficient (Wildman–Crippen LogP) is 2.12. The third-order valence-corrected chi connectivity index (χ3v) is 4.63. The number of benzene rings is 1. The summed E-state index contributed by atoms with van der Waals surface area (Å²) in [4.78, 5) is 39.5. The summed E-state index contributed by atoms with van der Waals surface area (Å²) in [5.41, 5.74) is -1.57. The van der Waals surface area contributed by atoms with E-state index in [1.165, 1.54) is 29.2 Å². The summed E-state index contributed by atoms with van der Waals surface area (Å²) in [5.74, 6) is -4.97. The lowest BCUT2D eigenvalue weighted by atomic mass is 9.86. The van der Waals surface area contributed by atoms with E-state index in [2.05, 4.69) is 5.32 Å². The maximum absolute atomic E-state index is 13.5. The van der Waals surface area contributed by atoms with Gasteiger partial charge in [0, 0.05) is 37.3 Å². The molecule has 4 rings (SSSR count). The second-order valence-corrected chi connectivity index (χ2v) is 6.25. The molecule has 1 fully saturated rings. The van der Waals surface area contributed by atoms with Crippen molar-refractivity contribution < 1.29 is 32.0 Å². The van der Waals surface area contributed by atoms with Gasteiger partial charge in [-0.05, 0) is 0 Å². The number of furan rings is 1. The van der Waals surface area contributed by atoms with Crippen LogP contribution < -0.4 is 5.32 Å². The molecule has 0 spiro atoms. The second-order valence-electron chi connectivity index (χ2n) is 6.25. The number of piperazine rings is 1. The lowest BCUT2D eigenvalue weighted by Crippen LogP contribution is -2.47. The van der Waals surface area contributed by atoms with Crippen molar-refractivity contribution >= 4 is 17.5 Å². The van der Waals surface area contributed by atoms with Gasteiger partial charge in [0.1, 0.15) is 5.56 Å². The van der Waals surface area contributed by atoms with Crippen LogP contribution in [0.5, 0.6) is 0 Å². The van der Waals surface area contributed by atoms with Crippen molar-refractivity contribution in [3.05, 3.63) is 58.0 Å². The molecule has 1 aliphatic heterocycles. The van der Waals surface area contributed by atoms with Crippen molar-refractivity contribution in [1.29, 1.82) is 0 Å². The van der Waals surface area contributed by atoms with Crippen LogP contribution in [-0.2, 0) is 6.18 Å². The van der Waals surface area contributed by atoms with Crippen LogP contribution in [0.1, 0.15) is 48.2 Å². The molecular weight excluding hydrogens is 365 g/mol. The molecule has 6 nitrogen and oxygen atoms in total. The quantitative estimate of drug-likeness (QED) is 0.702. The van der Waals surface area contributed by atoms with E-state index in [1.807, 2.05) is 0 Å². The largest absolute Gasteiger partial charge is 0.450 e. The zero-order valence-corrected chi connectivity index (χ0v) is 13.9. The van der Waals surface area contributed by atoms with Crippen LogP contribution in [0.15, 0.2) is 28.7 Å². The molecule has 9 heteroatoms. The molecule has 1 amide bonds. The first-order chi connectivity index (χ1) is 12.8. The Bertz CT molecular complexity index is 971. The van der Waals surface area contributed by atoms with Crippen LogP contribution in [0.2, 0.25) is 0 Å². The highest BCUT2D eigenvalue weighted by Crippen LogP contribution is 2.41. The van der Waals surface area contributed by atoms with Crippen molar-refractivity contribution in [2.45, 2.75) is 6.18 Å². The van der Waals surface area contributed by atoms with Gasteiger partial charge in [-0.1, -0.05) is 24.3 Å². The Hall–Kier alpha value is -2.94. The maximum atomic E-state index is 13.5. The lowest BCUT2D eigenvalue weighted by molar-refractivity contribution is -0.153. The average molecular weight is 378 g/mol. The first-order valence-corrected chi connectivity index (χ1v) is 8.23. The van der Waals surface area contributed by atoms with Gasteiger partial charge in [0.15, 0.2) is 11.5 Å². The smallest absolute Gasteiger partial charge is 0.446 e. The number of fused-ring (bicyclic) bond motifs is 2. The lowest BCUT2D eigenvalue weighted by Gasteiger charge is -2.28. The number of alkyl halides is 3. The SMILES string of the molecule is O=C1c2ccccc2C(=O)c2c1oc(C(F)(F)F)c2C(=O)N1CCNCC1. The number of carbonyl (C=O) groups is 3. The van der Waals surface area contributed by atoms with Crippen LogP contribution in [0.4, 0.5) is 13.2 Å². The third kappa shape index (κ3) is 2.66. The highest BCUT2D eigenvalue weighted by Gasteiger charge is 2.48. The molecule has 1 N–H and O–H groups in total. The van der Waals surface area contributed by atoms with Crippen molar-refractivity contribution in [1.82, 2.24) is 10.2 Å². The van der Waals surface area contributed by atoms with Crippen LogP contribution in [0, 0.1) is 0 Å². The van der Waals surface area contributed by atoms with E-state index < -0.39 is 46.3 Å². The first kappa shape index (κ1) is 17.5. The monoisotopic (exact) mass is 378 g/mol. The maximum Gasteiger partial charge on any atom is 0.450 e. The molecular formula is C18H13F3N2O4. The van der Waals surface area contributed by atoms with Gasteiger partial charge in [-0.25, -0.2) is 0 Å². The fourth-order valence-corrected chi connectivity index (χ4v) is 3.37. The Morgan fingerprint density at radius 1 is 1.04 bits per heavy atom. The normalized spacial score (nSPS) is 16.9. The van der Waals surface area contributed by atoms with E-state index in [9.17, 15) is 27.6 Å². The summed E-state index contributed by atoms with van der Waals surface area (Å²) < 4.78 is 45.4. The molecule has 2 aliphatic rings. The molecule has 1 saturated heterocycles. The molecule has 0 saturated carbocycles. The Kier molecular flexibility index (Phi) is 3.92. The molecule has 2 aromatic rings. The van der Waals surface area contributed by atoms with E-state index >= 15 is 0 Å². The van der Waals surface area contributed by atoms with Gasteiger partial charge in [-0.2, -0.15) is 13.2 Å². The van der Waals surface area contributed by atoms with E-state index in [-0.39, 0.29) is 24.2 Å². The summed E-state index contributed by atoms with van der Waals surface area (Å²) in [6, 6.07) is 5.68. The van der Waals surface area contributed by atoms with Gasteiger partial charge < -0.3 is 14.6 Å². The fraction of sp³-hybridized carbons (Fsp3) is 0.278. The number of rotatable bonds is 1. The second kappa shape index (κ2) is 6.05. The van der Waals surface area contributed by atoms with Crippen LogP contribution in [0.25, 0.3) is 0 Å². The number of ketones is 2. The Balaban J connectivity index is 1.93. The average Bonchev–Trinajstić information content (AvgIpc) is 3.08. The molecule has 2 heterocycles. The van der Waals surface area contributed by atoms with Gasteiger partial charge >= 0.3 is 6.18 Å². The summed E-state index contributed by atoms with van der Waals surface area (Å²) in [6.45, 7) is 1.22. The highest BCUT2D eigenvalue weighted by atomic mass is 19.4. The topological polar surface area (TPSA) is 79.6 Å². The number of hydrogen-bond donors (Lipinski definition) is 1. The molecule has 0 unspecified atom stereocenters. The first-order valence-electron chi connectivity index (χ1n) is 8.23. The molecule has 27 heavy (non-hydrogen) atoms. The summed E-state index contributed by atoms with van der Waals surface area (Å²) >= 11 is 0. The Labute approximate surface area is 150 Å². The molecule has 1 aromatic heterocycles. The molecule has 0 bridgehead atoms. The highest BCUT2D eigenvalue weighted by molar-refractivity contribution is 6.30. The van der Waals surface area contributed by atoms with E-state index in [1.54, 1.807) is 0 Å². The Morgan fingerprint density at radius 2 is 1.63 bits per heavy atom. The summed E-state index contributed by atoms with van der Waals surface area (Å²) in [5, 5.41) is 2.99. The minimum Gasteiger partial charge on any atom is -0.446 e. The van der Waals surface area contributed by atoms with Crippen molar-refractivity contribution in [3.63, 3.8) is 0 Å². The number of carbonyl (C=O) groups excluding carboxylic acids is 3. The molecule has 140 valence electrons. The van der Waals surface area contributed by atoms with Crippen molar-refractivity contribution in [3.8, 4) is 0 Å². The van der Waals surface area contributed by atoms with E-state index in [0.717, 1.165) is 0 Å². The van der Waals surface area contributed by atoms with E-state index in [4.69, 9.17) is 4.42 Å². The number of nitrogens with one attached hydrogen (secondary N) is 1. The van der Waals surface area contributed by atoms with Gasteiger partial charge in [0.05, 0.1) is 5.56 Å². The minimum absolute atomic E-state index is 0.0427. The Morgan fingerprint density at radius 3 is 2.22 bits per heavy atom. The van der Waals surface area contributed by atoms with Crippen LogP contribution >= 0.6 is 0 Å². The minimum atomic E-state index is -5.02. The molecule has 0 radical (unpaired) electrons. The third-order valence-electron chi connectivity index (χ3n) is 4.63. The number of amides is 1. The predicted molar refractivity (Wildman–Crippen MR) is 85.8 cm³/mol. The van der Waals surface area contributed by atoms with Crippen molar-refractivity contribution in [2.24, 2.45) is 0 Å². The number of hydrogen-bond acceptors (Lipinski definition) is 5. The number of halogens is 3.